The fourth-order valence-electron chi connectivity index (χ4n) is 1.54. The third kappa shape index (κ3) is 2.38. The van der Waals surface area contributed by atoms with E-state index in [9.17, 15) is 0 Å². The van der Waals surface area contributed by atoms with Crippen LogP contribution in [0.3, 0.4) is 0 Å². The molecule has 1 aliphatic rings. The van der Waals surface area contributed by atoms with Crippen molar-refractivity contribution in [2.75, 3.05) is 5.73 Å². The van der Waals surface area contributed by atoms with Gasteiger partial charge < -0.3 is 15.0 Å². The Hall–Kier alpha value is -2.04. The molecule has 0 radical (unpaired) electrons. The molecule has 2 N–H and O–H groups in total. The number of anilines is 1. The Bertz CT molecular complexity index is 503. The fraction of sp³-hybridized carbons (Fsp3) is 0.333. The minimum atomic E-state index is 0.295. The number of aromatic nitrogens is 2. The highest BCUT2D eigenvalue weighted by Crippen LogP contribution is 2.38. The first-order valence-electron chi connectivity index (χ1n) is 5.62. The zero-order valence-corrected chi connectivity index (χ0v) is 9.30. The molecular weight excluding hydrogens is 218 g/mol. The Morgan fingerprint density at radius 1 is 1.29 bits per heavy atom. The van der Waals surface area contributed by atoms with Crippen molar-refractivity contribution in [1.82, 2.24) is 10.1 Å². The lowest BCUT2D eigenvalue weighted by molar-refractivity contribution is 0.242. The largest absolute Gasteiger partial charge is 0.484 e. The highest BCUT2D eigenvalue weighted by atomic mass is 16.5. The van der Waals surface area contributed by atoms with Crippen LogP contribution in [0.1, 0.15) is 30.5 Å². The van der Waals surface area contributed by atoms with Gasteiger partial charge in [0.25, 0.3) is 5.89 Å². The minimum absolute atomic E-state index is 0.295. The van der Waals surface area contributed by atoms with E-state index in [1.807, 2.05) is 12.1 Å². The van der Waals surface area contributed by atoms with Gasteiger partial charge >= 0.3 is 0 Å². The Morgan fingerprint density at radius 2 is 2.06 bits per heavy atom. The van der Waals surface area contributed by atoms with Gasteiger partial charge in [0.1, 0.15) is 5.75 Å². The summed E-state index contributed by atoms with van der Waals surface area (Å²) in [4.78, 5) is 4.28. The van der Waals surface area contributed by atoms with E-state index in [1.165, 1.54) is 0 Å². The summed E-state index contributed by atoms with van der Waals surface area (Å²) in [5.74, 6) is 2.57. The van der Waals surface area contributed by atoms with Crippen LogP contribution in [-0.4, -0.2) is 10.1 Å². The molecule has 1 fully saturated rings. The SMILES string of the molecule is Nc1ccc(OCc2nc(C3CC3)no2)cc1. The van der Waals surface area contributed by atoms with Crippen LogP contribution >= 0.6 is 0 Å². The molecule has 1 aromatic carbocycles. The van der Waals surface area contributed by atoms with Gasteiger partial charge in [0, 0.05) is 11.6 Å². The fourth-order valence-corrected chi connectivity index (χ4v) is 1.54. The van der Waals surface area contributed by atoms with Gasteiger partial charge in [0.15, 0.2) is 12.4 Å². The van der Waals surface area contributed by atoms with Crippen LogP contribution in [-0.2, 0) is 6.61 Å². The van der Waals surface area contributed by atoms with Crippen LogP contribution in [0.15, 0.2) is 28.8 Å². The first kappa shape index (κ1) is 10.1. The van der Waals surface area contributed by atoms with E-state index >= 15 is 0 Å². The molecule has 1 heterocycles. The Balaban J connectivity index is 1.60. The lowest BCUT2D eigenvalue weighted by Crippen LogP contribution is -1.96. The van der Waals surface area contributed by atoms with E-state index in [4.69, 9.17) is 15.0 Å². The van der Waals surface area contributed by atoms with E-state index in [0.717, 1.165) is 24.4 Å². The molecule has 0 amide bonds. The molecule has 1 aromatic heterocycles. The third-order valence-corrected chi connectivity index (χ3v) is 2.67. The number of hydrogen-bond donors (Lipinski definition) is 1. The summed E-state index contributed by atoms with van der Waals surface area (Å²) in [6.07, 6.45) is 2.33. The highest BCUT2D eigenvalue weighted by Gasteiger charge is 2.28. The molecule has 0 aliphatic heterocycles. The summed E-state index contributed by atoms with van der Waals surface area (Å²) in [6.45, 7) is 0.295. The quantitative estimate of drug-likeness (QED) is 0.816. The monoisotopic (exact) mass is 231 g/mol. The number of ether oxygens (including phenoxy) is 1. The molecule has 3 rings (SSSR count). The minimum Gasteiger partial charge on any atom is -0.484 e. The van der Waals surface area contributed by atoms with Gasteiger partial charge in [-0.3, -0.25) is 0 Å². The standard InChI is InChI=1S/C12H13N3O2/c13-9-3-5-10(6-4-9)16-7-11-14-12(15-17-11)8-1-2-8/h3-6,8H,1-2,7,13H2. The van der Waals surface area contributed by atoms with Gasteiger partial charge in [-0.1, -0.05) is 5.16 Å². The second-order valence-electron chi connectivity index (χ2n) is 4.18. The van der Waals surface area contributed by atoms with E-state index in [-0.39, 0.29) is 0 Å². The molecular formula is C12H13N3O2. The average molecular weight is 231 g/mol. The van der Waals surface area contributed by atoms with Gasteiger partial charge in [-0.15, -0.1) is 0 Å². The summed E-state index contributed by atoms with van der Waals surface area (Å²) in [6, 6.07) is 7.21. The molecule has 0 atom stereocenters. The molecule has 17 heavy (non-hydrogen) atoms. The Labute approximate surface area is 98.6 Å². The summed E-state index contributed by atoms with van der Waals surface area (Å²) in [5.41, 5.74) is 6.30. The first-order chi connectivity index (χ1) is 8.31. The van der Waals surface area contributed by atoms with E-state index in [1.54, 1.807) is 12.1 Å². The number of rotatable bonds is 4. The molecule has 5 heteroatoms. The zero-order chi connectivity index (χ0) is 11.7. The molecule has 1 saturated carbocycles. The zero-order valence-electron chi connectivity index (χ0n) is 9.30. The van der Waals surface area contributed by atoms with Crippen molar-refractivity contribution < 1.29 is 9.26 Å². The van der Waals surface area contributed by atoms with Crippen molar-refractivity contribution in [2.45, 2.75) is 25.4 Å². The van der Waals surface area contributed by atoms with Gasteiger partial charge in [-0.2, -0.15) is 4.98 Å². The third-order valence-electron chi connectivity index (χ3n) is 2.67. The normalized spacial score (nSPS) is 14.8. The van der Waals surface area contributed by atoms with Crippen LogP contribution in [0, 0.1) is 0 Å². The second-order valence-corrected chi connectivity index (χ2v) is 4.18. The number of nitrogen functional groups attached to an aromatic ring is 1. The van der Waals surface area contributed by atoms with Gasteiger partial charge in [-0.25, -0.2) is 0 Å². The molecule has 0 saturated heterocycles. The van der Waals surface area contributed by atoms with Crippen molar-refractivity contribution in [2.24, 2.45) is 0 Å². The summed E-state index contributed by atoms with van der Waals surface area (Å²) in [5, 5.41) is 3.92. The van der Waals surface area contributed by atoms with Crippen molar-refractivity contribution in [1.29, 1.82) is 0 Å². The van der Waals surface area contributed by atoms with Crippen molar-refractivity contribution in [3.8, 4) is 5.75 Å². The number of benzene rings is 1. The van der Waals surface area contributed by atoms with Crippen molar-refractivity contribution >= 4 is 5.69 Å². The maximum absolute atomic E-state index is 5.58. The smallest absolute Gasteiger partial charge is 0.264 e. The highest BCUT2D eigenvalue weighted by molar-refractivity contribution is 5.41. The van der Waals surface area contributed by atoms with Crippen molar-refractivity contribution in [3.05, 3.63) is 36.0 Å². The topological polar surface area (TPSA) is 74.2 Å². The van der Waals surface area contributed by atoms with Crippen LogP contribution in [0.4, 0.5) is 5.69 Å². The maximum Gasteiger partial charge on any atom is 0.264 e. The van der Waals surface area contributed by atoms with Crippen molar-refractivity contribution in [3.63, 3.8) is 0 Å². The summed E-state index contributed by atoms with van der Waals surface area (Å²) < 4.78 is 10.6. The van der Waals surface area contributed by atoms with Crippen LogP contribution in [0.2, 0.25) is 0 Å². The van der Waals surface area contributed by atoms with E-state index < -0.39 is 0 Å². The van der Waals surface area contributed by atoms with Gasteiger partial charge in [0.05, 0.1) is 0 Å². The molecule has 1 aliphatic carbocycles. The Kier molecular flexibility index (Phi) is 2.44. The lowest BCUT2D eigenvalue weighted by Gasteiger charge is -2.02. The second kappa shape index (κ2) is 4.08. The molecule has 0 spiro atoms. The first-order valence-corrected chi connectivity index (χ1v) is 5.62. The molecule has 0 unspecified atom stereocenters. The average Bonchev–Trinajstić information content (AvgIpc) is 3.09. The molecule has 0 bridgehead atoms. The predicted octanol–water partition coefficient (Wildman–Crippen LogP) is 2.11. The van der Waals surface area contributed by atoms with Gasteiger partial charge in [-0.05, 0) is 37.1 Å². The van der Waals surface area contributed by atoms with E-state index in [2.05, 4.69) is 10.1 Å². The maximum atomic E-state index is 5.58. The molecule has 5 nitrogen and oxygen atoms in total. The van der Waals surface area contributed by atoms with Gasteiger partial charge in [0.2, 0.25) is 0 Å². The van der Waals surface area contributed by atoms with E-state index in [0.29, 0.717) is 24.1 Å². The summed E-state index contributed by atoms with van der Waals surface area (Å²) in [7, 11) is 0. The number of hydrogen-bond acceptors (Lipinski definition) is 5. The molecule has 2 aromatic rings. The van der Waals surface area contributed by atoms with Crippen LogP contribution in [0.5, 0.6) is 5.75 Å². The summed E-state index contributed by atoms with van der Waals surface area (Å²) >= 11 is 0. The lowest BCUT2D eigenvalue weighted by atomic mass is 10.3. The molecule has 88 valence electrons. The number of nitrogens with two attached hydrogens (primary N) is 1. The van der Waals surface area contributed by atoms with Crippen LogP contribution in [0.25, 0.3) is 0 Å². The Morgan fingerprint density at radius 3 is 2.76 bits per heavy atom. The predicted molar refractivity (Wildman–Crippen MR) is 61.5 cm³/mol. The number of nitrogens with zero attached hydrogens (tertiary/aromatic N) is 2. The van der Waals surface area contributed by atoms with Crippen LogP contribution < -0.4 is 10.5 Å².